The average Bonchev–Trinajstić information content (AvgIpc) is 2.90. The Kier molecular flexibility index (Phi) is 4.19. The van der Waals surface area contributed by atoms with Gasteiger partial charge in [0.2, 0.25) is 0 Å². The molecule has 0 aromatic carbocycles. The normalized spacial score (nSPS) is 24.5. The lowest BCUT2D eigenvalue weighted by Crippen LogP contribution is -2.22. The van der Waals surface area contributed by atoms with E-state index >= 15 is 0 Å². The molecule has 0 unspecified atom stereocenters. The van der Waals surface area contributed by atoms with Crippen LogP contribution in [0.1, 0.15) is 34.1 Å². The molecule has 1 saturated carbocycles. The molecule has 0 aliphatic heterocycles. The summed E-state index contributed by atoms with van der Waals surface area (Å²) in [5.41, 5.74) is -0.187. The van der Waals surface area contributed by atoms with Crippen molar-refractivity contribution in [2.45, 2.75) is 39.4 Å². The Balaban J connectivity index is 2.39. The van der Waals surface area contributed by atoms with E-state index in [4.69, 9.17) is 8.92 Å². The van der Waals surface area contributed by atoms with Crippen LogP contribution in [-0.2, 0) is 23.8 Å². The van der Waals surface area contributed by atoms with Crippen molar-refractivity contribution in [1.29, 1.82) is 0 Å². The van der Waals surface area contributed by atoms with Gasteiger partial charge in [-0.15, -0.1) is 0 Å². The fraction of sp³-hybridized carbons (Fsp3) is 0.909. The van der Waals surface area contributed by atoms with E-state index in [0.717, 1.165) is 0 Å². The van der Waals surface area contributed by atoms with Crippen LogP contribution in [0.5, 0.6) is 0 Å². The summed E-state index contributed by atoms with van der Waals surface area (Å²) in [6.07, 6.45) is 0.514. The van der Waals surface area contributed by atoms with Gasteiger partial charge in [-0.2, -0.15) is 8.42 Å². The molecule has 5 nitrogen and oxygen atoms in total. The number of carbonyl (C=O) groups excluding carboxylic acids is 1. The molecule has 0 saturated heterocycles. The van der Waals surface area contributed by atoms with Crippen LogP contribution in [0.2, 0.25) is 0 Å². The van der Waals surface area contributed by atoms with Crippen LogP contribution in [0.25, 0.3) is 0 Å². The lowest BCUT2D eigenvalue weighted by molar-refractivity contribution is -0.141. The third-order valence-electron chi connectivity index (χ3n) is 2.39. The molecule has 1 aliphatic carbocycles. The second-order valence-electron chi connectivity index (χ2n) is 5.65. The van der Waals surface area contributed by atoms with Crippen molar-refractivity contribution in [2.24, 2.45) is 11.3 Å². The number of esters is 1. The second-order valence-corrected chi connectivity index (χ2v) is 7.48. The molecule has 0 aromatic heterocycles. The van der Waals surface area contributed by atoms with Crippen LogP contribution in [0.15, 0.2) is 0 Å². The maximum atomic E-state index is 11.7. The van der Waals surface area contributed by atoms with Crippen LogP contribution in [0, 0.1) is 11.3 Å². The average molecular weight is 264 g/mol. The second kappa shape index (κ2) is 4.94. The molecule has 1 rings (SSSR count). The Labute approximate surface area is 103 Å². The van der Waals surface area contributed by atoms with Crippen molar-refractivity contribution >= 4 is 16.1 Å². The molecule has 1 aliphatic rings. The highest BCUT2D eigenvalue weighted by molar-refractivity contribution is 7.87. The third kappa shape index (κ3) is 5.04. The first-order valence-corrected chi connectivity index (χ1v) is 7.10. The van der Waals surface area contributed by atoms with Gasteiger partial charge in [-0.05, 0) is 11.8 Å². The van der Waals surface area contributed by atoms with Gasteiger partial charge in [-0.3, -0.25) is 8.98 Å². The zero-order chi connectivity index (χ0) is 13.3. The predicted octanol–water partition coefficient (Wildman–Crippen LogP) is 1.33. The molecular weight excluding hydrogens is 244 g/mol. The quantitative estimate of drug-likeness (QED) is 0.553. The van der Waals surface area contributed by atoms with Gasteiger partial charge < -0.3 is 4.74 Å². The SMILES string of the molecule is CC(=O)OC[C@H]1C[C@@H]1S(=O)(=O)OCC(C)(C)C. The van der Waals surface area contributed by atoms with Crippen LogP contribution in [0.3, 0.4) is 0 Å². The number of hydrogen-bond acceptors (Lipinski definition) is 5. The van der Waals surface area contributed by atoms with Crippen LogP contribution in [0.4, 0.5) is 0 Å². The molecule has 6 heteroatoms. The number of hydrogen-bond donors (Lipinski definition) is 0. The van der Waals surface area contributed by atoms with E-state index in [1.807, 2.05) is 20.8 Å². The summed E-state index contributed by atoms with van der Waals surface area (Å²) < 4.78 is 33.2. The Morgan fingerprint density at radius 1 is 1.35 bits per heavy atom. The van der Waals surface area contributed by atoms with Crippen LogP contribution < -0.4 is 0 Å². The topological polar surface area (TPSA) is 69.7 Å². The highest BCUT2D eigenvalue weighted by Gasteiger charge is 2.49. The zero-order valence-corrected chi connectivity index (χ0v) is 11.5. The molecule has 100 valence electrons. The molecule has 17 heavy (non-hydrogen) atoms. The summed E-state index contributed by atoms with van der Waals surface area (Å²) in [4.78, 5) is 10.6. The van der Waals surface area contributed by atoms with Crippen molar-refractivity contribution in [3.8, 4) is 0 Å². The Morgan fingerprint density at radius 3 is 2.41 bits per heavy atom. The molecule has 0 spiro atoms. The van der Waals surface area contributed by atoms with E-state index in [2.05, 4.69) is 0 Å². The molecular formula is C11H20O5S. The first kappa shape index (κ1) is 14.4. The first-order chi connectivity index (χ1) is 7.62. The summed E-state index contributed by atoms with van der Waals surface area (Å²) >= 11 is 0. The highest BCUT2D eigenvalue weighted by Crippen LogP contribution is 2.38. The summed E-state index contributed by atoms with van der Waals surface area (Å²) in [5.74, 6) is -0.493. The van der Waals surface area contributed by atoms with E-state index in [0.29, 0.717) is 6.42 Å². The van der Waals surface area contributed by atoms with E-state index in [9.17, 15) is 13.2 Å². The number of carbonyl (C=O) groups is 1. The predicted molar refractivity (Wildman–Crippen MR) is 62.9 cm³/mol. The molecule has 0 radical (unpaired) electrons. The van der Waals surface area contributed by atoms with Gasteiger partial charge in [0.1, 0.15) is 0 Å². The van der Waals surface area contributed by atoms with Gasteiger partial charge in [-0.1, -0.05) is 20.8 Å². The molecule has 1 fully saturated rings. The smallest absolute Gasteiger partial charge is 0.302 e. The first-order valence-electron chi connectivity index (χ1n) is 5.63. The Morgan fingerprint density at radius 2 is 1.94 bits per heavy atom. The largest absolute Gasteiger partial charge is 0.466 e. The fourth-order valence-electron chi connectivity index (χ4n) is 1.32. The van der Waals surface area contributed by atoms with Gasteiger partial charge in [0, 0.05) is 12.8 Å². The van der Waals surface area contributed by atoms with Crippen molar-refractivity contribution in [1.82, 2.24) is 0 Å². The monoisotopic (exact) mass is 264 g/mol. The molecule has 0 aromatic rings. The molecule has 0 amide bonds. The van der Waals surface area contributed by atoms with E-state index in [1.165, 1.54) is 6.92 Å². The highest BCUT2D eigenvalue weighted by atomic mass is 32.2. The summed E-state index contributed by atoms with van der Waals surface area (Å²) in [6, 6.07) is 0. The van der Waals surface area contributed by atoms with Crippen LogP contribution >= 0.6 is 0 Å². The fourth-order valence-corrected chi connectivity index (χ4v) is 3.04. The van der Waals surface area contributed by atoms with E-state index in [1.54, 1.807) is 0 Å². The Bertz CT molecular complexity index is 379. The minimum atomic E-state index is -3.51. The molecule has 0 N–H and O–H groups in total. The number of rotatable bonds is 5. The minimum absolute atomic E-state index is 0.108. The lowest BCUT2D eigenvalue weighted by atomic mass is 9.99. The third-order valence-corrected chi connectivity index (χ3v) is 4.15. The van der Waals surface area contributed by atoms with Crippen molar-refractivity contribution in [3.05, 3.63) is 0 Å². The van der Waals surface area contributed by atoms with Crippen LogP contribution in [-0.4, -0.2) is 32.9 Å². The van der Waals surface area contributed by atoms with Gasteiger partial charge in [0.15, 0.2) is 0 Å². The van der Waals surface area contributed by atoms with Gasteiger partial charge >= 0.3 is 5.97 Å². The summed E-state index contributed by atoms with van der Waals surface area (Å²) in [7, 11) is -3.51. The van der Waals surface area contributed by atoms with E-state index in [-0.39, 0.29) is 30.5 Å². The number of ether oxygens (including phenoxy) is 1. The standard InChI is InChI=1S/C11H20O5S/c1-8(12)15-6-9-5-10(9)17(13,14)16-7-11(2,3)4/h9-10H,5-7H2,1-4H3/t9-,10+/m1/s1. The van der Waals surface area contributed by atoms with Crippen molar-refractivity contribution < 1.29 is 22.1 Å². The maximum absolute atomic E-state index is 11.7. The van der Waals surface area contributed by atoms with Gasteiger partial charge in [0.05, 0.1) is 18.5 Å². The van der Waals surface area contributed by atoms with Crippen molar-refractivity contribution in [3.63, 3.8) is 0 Å². The molecule has 0 bridgehead atoms. The van der Waals surface area contributed by atoms with E-state index < -0.39 is 15.4 Å². The zero-order valence-electron chi connectivity index (χ0n) is 10.7. The van der Waals surface area contributed by atoms with Crippen molar-refractivity contribution in [2.75, 3.05) is 13.2 Å². The summed E-state index contributed by atoms with van der Waals surface area (Å²) in [6.45, 7) is 7.37. The molecule has 2 atom stereocenters. The minimum Gasteiger partial charge on any atom is -0.466 e. The van der Waals surface area contributed by atoms with Gasteiger partial charge in [0.25, 0.3) is 10.1 Å². The van der Waals surface area contributed by atoms with Gasteiger partial charge in [-0.25, -0.2) is 0 Å². The Hall–Kier alpha value is -0.620. The molecule has 0 heterocycles. The maximum Gasteiger partial charge on any atom is 0.302 e. The summed E-state index contributed by atoms with van der Waals surface area (Å²) in [5, 5.41) is -0.510. The lowest BCUT2D eigenvalue weighted by Gasteiger charge is -2.17.